The minimum atomic E-state index is -0.427. The second kappa shape index (κ2) is 7.53. The van der Waals surface area contributed by atoms with Crippen molar-refractivity contribution in [3.05, 3.63) is 68.7 Å². The summed E-state index contributed by atoms with van der Waals surface area (Å²) in [7, 11) is 0. The van der Waals surface area contributed by atoms with Crippen LogP contribution in [0.25, 0.3) is 0 Å². The molecule has 3 rings (SSSR count). The van der Waals surface area contributed by atoms with Crippen molar-refractivity contribution >= 4 is 28.9 Å². The van der Waals surface area contributed by atoms with E-state index in [2.05, 4.69) is 5.32 Å². The molecule has 0 unspecified atom stereocenters. The Morgan fingerprint density at radius 1 is 1.16 bits per heavy atom. The zero-order valence-electron chi connectivity index (χ0n) is 13.6. The summed E-state index contributed by atoms with van der Waals surface area (Å²) in [4.78, 5) is 25.3. The number of hydrogen-bond acceptors (Lipinski definition) is 4. The average molecular weight is 360 g/mol. The number of carbonyl (C=O) groups is 1. The van der Waals surface area contributed by atoms with Crippen molar-refractivity contribution in [2.24, 2.45) is 0 Å². The van der Waals surface area contributed by atoms with Crippen molar-refractivity contribution in [2.75, 3.05) is 18.0 Å². The van der Waals surface area contributed by atoms with Gasteiger partial charge in [0.15, 0.2) is 0 Å². The van der Waals surface area contributed by atoms with Gasteiger partial charge in [0.1, 0.15) is 5.69 Å². The first-order valence-electron chi connectivity index (χ1n) is 8.10. The number of rotatable bonds is 5. The summed E-state index contributed by atoms with van der Waals surface area (Å²) >= 11 is 5.83. The number of nitrogens with zero attached hydrogens (tertiary/aromatic N) is 2. The van der Waals surface area contributed by atoms with Crippen molar-refractivity contribution in [3.63, 3.8) is 0 Å². The first kappa shape index (κ1) is 17.2. The van der Waals surface area contributed by atoms with Crippen molar-refractivity contribution in [2.45, 2.75) is 19.4 Å². The van der Waals surface area contributed by atoms with Gasteiger partial charge in [-0.25, -0.2) is 0 Å². The molecule has 1 N–H and O–H groups in total. The average Bonchev–Trinajstić information content (AvgIpc) is 3.15. The Bertz CT molecular complexity index is 787. The molecule has 0 radical (unpaired) electrons. The number of nitrogens with one attached hydrogen (secondary N) is 1. The van der Waals surface area contributed by atoms with Crippen LogP contribution in [0.1, 0.15) is 28.8 Å². The SMILES string of the molecule is O=C(NCc1ccc(Cl)cc1)c1ccc(N2CCCC2)c([N+](=O)[O-])c1. The molecule has 0 atom stereocenters. The third kappa shape index (κ3) is 4.09. The van der Waals surface area contributed by atoms with Crippen molar-refractivity contribution in [1.82, 2.24) is 5.32 Å². The molecule has 0 spiro atoms. The smallest absolute Gasteiger partial charge is 0.293 e. The third-order valence-electron chi connectivity index (χ3n) is 4.25. The van der Waals surface area contributed by atoms with E-state index in [1.807, 2.05) is 17.0 Å². The van der Waals surface area contributed by atoms with Crippen LogP contribution >= 0.6 is 11.6 Å². The van der Waals surface area contributed by atoms with Gasteiger partial charge in [-0.3, -0.25) is 14.9 Å². The van der Waals surface area contributed by atoms with E-state index in [0.29, 0.717) is 17.3 Å². The quantitative estimate of drug-likeness (QED) is 0.651. The molecule has 0 aromatic heterocycles. The molecule has 1 fully saturated rings. The molecule has 130 valence electrons. The lowest BCUT2D eigenvalue weighted by Crippen LogP contribution is -2.23. The Morgan fingerprint density at radius 2 is 1.84 bits per heavy atom. The van der Waals surface area contributed by atoms with E-state index in [-0.39, 0.29) is 17.2 Å². The van der Waals surface area contributed by atoms with E-state index in [0.717, 1.165) is 31.5 Å². The molecule has 1 aliphatic heterocycles. The zero-order valence-corrected chi connectivity index (χ0v) is 14.3. The van der Waals surface area contributed by atoms with E-state index in [1.54, 1.807) is 24.3 Å². The Morgan fingerprint density at radius 3 is 2.48 bits per heavy atom. The van der Waals surface area contributed by atoms with Gasteiger partial charge in [0.2, 0.25) is 0 Å². The van der Waals surface area contributed by atoms with Crippen LogP contribution in [0.5, 0.6) is 0 Å². The zero-order chi connectivity index (χ0) is 17.8. The number of hydrogen-bond donors (Lipinski definition) is 1. The minimum Gasteiger partial charge on any atom is -0.366 e. The van der Waals surface area contributed by atoms with Crippen LogP contribution in [0, 0.1) is 10.1 Å². The fourth-order valence-electron chi connectivity index (χ4n) is 2.92. The highest BCUT2D eigenvalue weighted by atomic mass is 35.5. The molecule has 0 bridgehead atoms. The van der Waals surface area contributed by atoms with Gasteiger partial charge in [0, 0.05) is 36.3 Å². The predicted octanol–water partition coefficient (Wildman–Crippen LogP) is 3.78. The maximum Gasteiger partial charge on any atom is 0.293 e. The molecule has 7 heteroatoms. The third-order valence-corrected chi connectivity index (χ3v) is 4.50. The normalized spacial score (nSPS) is 13.7. The van der Waals surface area contributed by atoms with Crippen LogP contribution < -0.4 is 10.2 Å². The summed E-state index contributed by atoms with van der Waals surface area (Å²) in [5.41, 5.74) is 1.74. The summed E-state index contributed by atoms with van der Waals surface area (Å²) in [6, 6.07) is 11.8. The van der Waals surface area contributed by atoms with Gasteiger partial charge in [0.25, 0.3) is 11.6 Å². The van der Waals surface area contributed by atoms with Gasteiger partial charge in [0.05, 0.1) is 4.92 Å². The molecule has 1 heterocycles. The fraction of sp³-hybridized carbons (Fsp3) is 0.278. The summed E-state index contributed by atoms with van der Waals surface area (Å²) < 4.78 is 0. The molecule has 6 nitrogen and oxygen atoms in total. The largest absolute Gasteiger partial charge is 0.366 e. The lowest BCUT2D eigenvalue weighted by atomic mass is 10.1. The molecule has 2 aromatic rings. The maximum absolute atomic E-state index is 12.3. The van der Waals surface area contributed by atoms with Gasteiger partial charge in [-0.2, -0.15) is 0 Å². The Labute approximate surface area is 150 Å². The Hall–Kier alpha value is -2.60. The molecule has 1 amide bonds. The fourth-order valence-corrected chi connectivity index (χ4v) is 3.05. The summed E-state index contributed by atoms with van der Waals surface area (Å²) in [6.45, 7) is 1.95. The van der Waals surface area contributed by atoms with Crippen LogP contribution in [0.4, 0.5) is 11.4 Å². The highest BCUT2D eigenvalue weighted by Gasteiger charge is 2.23. The molecule has 2 aromatic carbocycles. The van der Waals surface area contributed by atoms with Gasteiger partial charge in [-0.15, -0.1) is 0 Å². The number of halogens is 1. The molecule has 1 saturated heterocycles. The highest BCUT2D eigenvalue weighted by Crippen LogP contribution is 2.31. The van der Waals surface area contributed by atoms with Crippen LogP contribution in [0.2, 0.25) is 5.02 Å². The number of nitro groups is 1. The van der Waals surface area contributed by atoms with Gasteiger partial charge in [-0.1, -0.05) is 23.7 Å². The van der Waals surface area contributed by atoms with Crippen molar-refractivity contribution in [1.29, 1.82) is 0 Å². The van der Waals surface area contributed by atoms with Crippen molar-refractivity contribution < 1.29 is 9.72 Å². The highest BCUT2D eigenvalue weighted by molar-refractivity contribution is 6.30. The summed E-state index contributed by atoms with van der Waals surface area (Å²) in [5.74, 6) is -0.342. The minimum absolute atomic E-state index is 0.0268. The van der Waals surface area contributed by atoms with Gasteiger partial charge < -0.3 is 10.2 Å². The second-order valence-corrected chi connectivity index (χ2v) is 6.40. The monoisotopic (exact) mass is 359 g/mol. The van der Waals surface area contributed by atoms with E-state index in [9.17, 15) is 14.9 Å². The molecule has 0 aliphatic carbocycles. The van der Waals surface area contributed by atoms with E-state index >= 15 is 0 Å². The predicted molar refractivity (Wildman–Crippen MR) is 97.2 cm³/mol. The van der Waals surface area contributed by atoms with E-state index < -0.39 is 4.92 Å². The first-order valence-corrected chi connectivity index (χ1v) is 8.48. The summed E-state index contributed by atoms with van der Waals surface area (Å²) in [5, 5.41) is 14.8. The molecular formula is C18H18ClN3O3. The van der Waals surface area contributed by atoms with E-state index in [1.165, 1.54) is 6.07 Å². The molecule has 25 heavy (non-hydrogen) atoms. The maximum atomic E-state index is 12.3. The Balaban J connectivity index is 1.74. The van der Waals surface area contributed by atoms with Gasteiger partial charge >= 0.3 is 0 Å². The van der Waals surface area contributed by atoms with Crippen LogP contribution in [-0.4, -0.2) is 23.9 Å². The second-order valence-electron chi connectivity index (χ2n) is 5.96. The number of nitro benzene ring substituents is 1. The van der Waals surface area contributed by atoms with Crippen LogP contribution in [0.15, 0.2) is 42.5 Å². The standard InChI is InChI=1S/C18H18ClN3O3/c19-15-6-3-13(4-7-15)12-20-18(23)14-5-8-16(17(11-14)22(24)25)21-9-1-2-10-21/h3-8,11H,1-2,9-10,12H2,(H,20,23). The Kier molecular flexibility index (Phi) is 5.19. The number of amides is 1. The number of anilines is 1. The molecule has 0 saturated carbocycles. The first-order chi connectivity index (χ1) is 12.0. The molecule has 1 aliphatic rings. The lowest BCUT2D eigenvalue weighted by molar-refractivity contribution is -0.384. The number of carbonyl (C=O) groups excluding carboxylic acids is 1. The van der Waals surface area contributed by atoms with Gasteiger partial charge in [-0.05, 0) is 42.7 Å². The lowest BCUT2D eigenvalue weighted by Gasteiger charge is -2.17. The van der Waals surface area contributed by atoms with Crippen LogP contribution in [0.3, 0.4) is 0 Å². The molecular weight excluding hydrogens is 342 g/mol. The van der Waals surface area contributed by atoms with E-state index in [4.69, 9.17) is 11.6 Å². The van der Waals surface area contributed by atoms with Crippen molar-refractivity contribution in [3.8, 4) is 0 Å². The summed E-state index contributed by atoms with van der Waals surface area (Å²) in [6.07, 6.45) is 2.06. The topological polar surface area (TPSA) is 75.5 Å². The number of benzene rings is 2. The van der Waals surface area contributed by atoms with Crippen LogP contribution in [-0.2, 0) is 6.54 Å².